The van der Waals surface area contributed by atoms with Crippen LogP contribution in [-0.2, 0) is 0 Å². The van der Waals surface area contributed by atoms with Crippen molar-refractivity contribution in [2.24, 2.45) is 5.73 Å². The Morgan fingerprint density at radius 1 is 1.33 bits per heavy atom. The Morgan fingerprint density at radius 3 is 2.67 bits per heavy atom. The van der Waals surface area contributed by atoms with E-state index in [1.807, 2.05) is 0 Å². The molecule has 0 spiro atoms. The first-order chi connectivity index (χ1) is 9.90. The summed E-state index contributed by atoms with van der Waals surface area (Å²) in [5.41, 5.74) is 6.23. The van der Waals surface area contributed by atoms with Crippen LogP contribution in [0.25, 0.3) is 0 Å². The molecule has 0 aliphatic heterocycles. The van der Waals surface area contributed by atoms with Gasteiger partial charge in [0.05, 0.1) is 16.3 Å². The van der Waals surface area contributed by atoms with E-state index >= 15 is 0 Å². The van der Waals surface area contributed by atoms with Crippen LogP contribution in [0.5, 0.6) is 0 Å². The Kier molecular flexibility index (Phi) is 4.92. The Labute approximate surface area is 139 Å². The van der Waals surface area contributed by atoms with Gasteiger partial charge in [0, 0.05) is 10.0 Å². The van der Waals surface area contributed by atoms with Crippen molar-refractivity contribution in [1.29, 1.82) is 0 Å². The van der Waals surface area contributed by atoms with Crippen LogP contribution in [0.2, 0.25) is 5.02 Å². The molecule has 0 aromatic heterocycles. The number of nitrogens with one attached hydrogen (secondary N) is 1. The third-order valence-corrected chi connectivity index (χ3v) is 3.71. The molecule has 0 bridgehead atoms. The highest BCUT2D eigenvalue weighted by Crippen LogP contribution is 2.24. The molecule has 108 valence electrons. The largest absolute Gasteiger partial charge is 0.389 e. The lowest BCUT2D eigenvalue weighted by molar-refractivity contribution is 0.102. The van der Waals surface area contributed by atoms with Crippen LogP contribution < -0.4 is 11.1 Å². The molecule has 0 fully saturated rings. The van der Waals surface area contributed by atoms with Crippen molar-refractivity contribution in [3.8, 4) is 0 Å². The van der Waals surface area contributed by atoms with Crippen molar-refractivity contribution < 1.29 is 9.18 Å². The molecule has 0 aliphatic rings. The van der Waals surface area contributed by atoms with Crippen LogP contribution >= 0.6 is 39.7 Å². The maximum Gasteiger partial charge on any atom is 0.260 e. The average molecular weight is 388 g/mol. The first-order valence-corrected chi connectivity index (χ1v) is 7.33. The Morgan fingerprint density at radius 2 is 2.05 bits per heavy atom. The number of rotatable bonds is 3. The van der Waals surface area contributed by atoms with Crippen LogP contribution in [-0.4, -0.2) is 10.9 Å². The minimum absolute atomic E-state index is 0.0272. The molecule has 3 nitrogen and oxygen atoms in total. The number of hydrogen-bond donors (Lipinski definition) is 2. The van der Waals surface area contributed by atoms with Crippen molar-refractivity contribution in [2.45, 2.75) is 0 Å². The van der Waals surface area contributed by atoms with Crippen molar-refractivity contribution >= 4 is 56.3 Å². The normalized spacial score (nSPS) is 10.2. The first-order valence-electron chi connectivity index (χ1n) is 5.75. The maximum absolute atomic E-state index is 13.7. The van der Waals surface area contributed by atoms with Gasteiger partial charge in [0.1, 0.15) is 10.8 Å². The molecule has 0 unspecified atom stereocenters. The topological polar surface area (TPSA) is 55.1 Å². The summed E-state index contributed by atoms with van der Waals surface area (Å²) in [5, 5.41) is 2.60. The molecule has 0 saturated carbocycles. The second-order valence-corrected chi connectivity index (χ2v) is 5.87. The third-order valence-electron chi connectivity index (χ3n) is 2.69. The molecule has 1 amide bonds. The lowest BCUT2D eigenvalue weighted by atomic mass is 10.1. The lowest BCUT2D eigenvalue weighted by Gasteiger charge is -2.12. The summed E-state index contributed by atoms with van der Waals surface area (Å²) < 4.78 is 14.5. The number of carbonyl (C=O) groups is 1. The molecule has 0 heterocycles. The van der Waals surface area contributed by atoms with Gasteiger partial charge in [-0.3, -0.25) is 4.79 Å². The van der Waals surface area contributed by atoms with Crippen LogP contribution in [0.15, 0.2) is 40.9 Å². The summed E-state index contributed by atoms with van der Waals surface area (Å²) in [5.74, 6) is -1.37. The quantitative estimate of drug-likeness (QED) is 0.779. The van der Waals surface area contributed by atoms with Gasteiger partial charge in [-0.05, 0) is 30.3 Å². The number of hydrogen-bond acceptors (Lipinski definition) is 2. The van der Waals surface area contributed by atoms with Gasteiger partial charge in [0.25, 0.3) is 5.91 Å². The molecule has 0 radical (unpaired) electrons. The number of thiocarbonyl (C=S) groups is 1. The molecule has 2 rings (SSSR count). The fourth-order valence-corrected chi connectivity index (χ4v) is 2.52. The average Bonchev–Trinajstić information content (AvgIpc) is 2.38. The molecule has 2 aromatic rings. The van der Waals surface area contributed by atoms with E-state index in [0.717, 1.165) is 10.5 Å². The Hall–Kier alpha value is -1.50. The predicted octanol–water partition coefficient (Wildman–Crippen LogP) is 4.13. The van der Waals surface area contributed by atoms with E-state index in [-0.39, 0.29) is 15.6 Å². The fourth-order valence-electron chi connectivity index (χ4n) is 1.73. The van der Waals surface area contributed by atoms with Crippen molar-refractivity contribution in [3.63, 3.8) is 0 Å². The van der Waals surface area contributed by atoms with E-state index < -0.39 is 11.7 Å². The summed E-state index contributed by atoms with van der Waals surface area (Å²) >= 11 is 14.1. The fraction of sp³-hybridized carbons (Fsp3) is 0. The van der Waals surface area contributed by atoms with Gasteiger partial charge < -0.3 is 11.1 Å². The molecule has 0 atom stereocenters. The van der Waals surface area contributed by atoms with E-state index in [0.29, 0.717) is 11.3 Å². The van der Waals surface area contributed by atoms with Gasteiger partial charge in [-0.2, -0.15) is 0 Å². The molecule has 0 aliphatic carbocycles. The predicted molar refractivity (Wildman–Crippen MR) is 89.4 cm³/mol. The van der Waals surface area contributed by atoms with Crippen LogP contribution in [0.3, 0.4) is 0 Å². The molecule has 3 N–H and O–H groups in total. The zero-order valence-corrected chi connectivity index (χ0v) is 13.7. The van der Waals surface area contributed by atoms with Gasteiger partial charge >= 0.3 is 0 Å². The van der Waals surface area contributed by atoms with E-state index in [2.05, 4.69) is 21.2 Å². The summed E-state index contributed by atoms with van der Waals surface area (Å²) in [6.45, 7) is 0. The van der Waals surface area contributed by atoms with Crippen molar-refractivity contribution in [2.75, 3.05) is 5.32 Å². The number of amides is 1. The number of anilines is 1. The summed E-state index contributed by atoms with van der Waals surface area (Å²) in [6.07, 6.45) is 0. The maximum atomic E-state index is 13.7. The van der Waals surface area contributed by atoms with Crippen LogP contribution in [0, 0.1) is 5.82 Å². The molecule has 21 heavy (non-hydrogen) atoms. The first kappa shape index (κ1) is 15.9. The number of halogens is 3. The molecule has 0 saturated heterocycles. The van der Waals surface area contributed by atoms with E-state index in [9.17, 15) is 9.18 Å². The monoisotopic (exact) mass is 386 g/mol. The van der Waals surface area contributed by atoms with Gasteiger partial charge in [-0.1, -0.05) is 45.8 Å². The summed E-state index contributed by atoms with van der Waals surface area (Å²) in [6, 6.07) is 9.05. The van der Waals surface area contributed by atoms with Crippen molar-refractivity contribution in [3.05, 3.63) is 62.8 Å². The van der Waals surface area contributed by atoms with E-state index in [1.165, 1.54) is 12.1 Å². The third kappa shape index (κ3) is 3.58. The Bertz CT molecular complexity index is 719. The van der Waals surface area contributed by atoms with Gasteiger partial charge in [0.2, 0.25) is 0 Å². The minimum Gasteiger partial charge on any atom is -0.389 e. The second-order valence-electron chi connectivity index (χ2n) is 4.10. The van der Waals surface area contributed by atoms with Crippen LogP contribution in [0.4, 0.5) is 10.1 Å². The van der Waals surface area contributed by atoms with Gasteiger partial charge in [0.15, 0.2) is 0 Å². The summed E-state index contributed by atoms with van der Waals surface area (Å²) in [4.78, 5) is 12.3. The van der Waals surface area contributed by atoms with E-state index in [4.69, 9.17) is 29.6 Å². The minimum atomic E-state index is -0.702. The Balaban J connectivity index is 2.40. The zero-order valence-electron chi connectivity index (χ0n) is 10.5. The SMILES string of the molecule is NC(=S)c1ccc(Br)cc1NC(=O)c1c(F)cccc1Cl. The van der Waals surface area contributed by atoms with Gasteiger partial charge in [-0.15, -0.1) is 0 Å². The lowest BCUT2D eigenvalue weighted by Crippen LogP contribution is -2.19. The summed E-state index contributed by atoms with van der Waals surface area (Å²) in [7, 11) is 0. The highest BCUT2D eigenvalue weighted by molar-refractivity contribution is 9.10. The molecular formula is C14H9BrClFN2OS. The smallest absolute Gasteiger partial charge is 0.260 e. The van der Waals surface area contributed by atoms with Crippen molar-refractivity contribution in [1.82, 2.24) is 0 Å². The van der Waals surface area contributed by atoms with Gasteiger partial charge in [-0.25, -0.2) is 4.39 Å². The number of benzene rings is 2. The molecule has 2 aromatic carbocycles. The molecule has 7 heteroatoms. The number of carbonyl (C=O) groups excluding carboxylic acids is 1. The zero-order chi connectivity index (χ0) is 15.6. The van der Waals surface area contributed by atoms with E-state index in [1.54, 1.807) is 18.2 Å². The second kappa shape index (κ2) is 6.51. The highest BCUT2D eigenvalue weighted by Gasteiger charge is 2.17. The standard InChI is InChI=1S/C14H9BrClFN2OS/c15-7-4-5-8(13(18)21)11(6-7)19-14(20)12-9(16)2-1-3-10(12)17/h1-6H,(H2,18,21)(H,19,20). The number of nitrogens with two attached hydrogens (primary N) is 1. The van der Waals surface area contributed by atoms with Crippen LogP contribution in [0.1, 0.15) is 15.9 Å². The molecular weight excluding hydrogens is 379 g/mol. The highest BCUT2D eigenvalue weighted by atomic mass is 79.9.